The molecule has 0 bridgehead atoms. The SMILES string of the molecule is CCOc1cc(/C=C/C(=O)N2CCCC2c2cccs2)ccc1OC. The number of ether oxygens (including phenoxy) is 2. The molecule has 3 rings (SSSR count). The predicted octanol–water partition coefficient (Wildman–Crippen LogP) is 4.53. The van der Waals surface area contributed by atoms with Crippen molar-refractivity contribution in [1.82, 2.24) is 4.90 Å². The first-order valence-electron chi connectivity index (χ1n) is 8.56. The first-order valence-corrected chi connectivity index (χ1v) is 9.43. The monoisotopic (exact) mass is 357 g/mol. The summed E-state index contributed by atoms with van der Waals surface area (Å²) in [6.07, 6.45) is 5.59. The summed E-state index contributed by atoms with van der Waals surface area (Å²) in [6.45, 7) is 3.32. The van der Waals surface area contributed by atoms with Gasteiger partial charge in [0.2, 0.25) is 5.91 Å². The molecule has 1 aromatic carbocycles. The van der Waals surface area contributed by atoms with E-state index in [2.05, 4.69) is 11.4 Å². The summed E-state index contributed by atoms with van der Waals surface area (Å²) in [6, 6.07) is 10.1. The lowest BCUT2D eigenvalue weighted by Crippen LogP contribution is -2.28. The van der Waals surface area contributed by atoms with Gasteiger partial charge in [0.1, 0.15) is 0 Å². The first kappa shape index (κ1) is 17.5. The van der Waals surface area contributed by atoms with Gasteiger partial charge in [-0.1, -0.05) is 12.1 Å². The number of nitrogens with zero attached hydrogens (tertiary/aromatic N) is 1. The highest BCUT2D eigenvalue weighted by Gasteiger charge is 2.29. The van der Waals surface area contributed by atoms with Crippen LogP contribution in [0, 0.1) is 0 Å². The van der Waals surface area contributed by atoms with E-state index in [-0.39, 0.29) is 11.9 Å². The molecule has 1 fully saturated rings. The second-order valence-corrected chi connectivity index (χ2v) is 6.86. The second kappa shape index (κ2) is 8.21. The minimum atomic E-state index is 0.0599. The Labute approximate surface area is 152 Å². The topological polar surface area (TPSA) is 38.8 Å². The number of thiophene rings is 1. The third kappa shape index (κ3) is 4.04. The molecule has 2 heterocycles. The maximum Gasteiger partial charge on any atom is 0.247 e. The van der Waals surface area contributed by atoms with Crippen molar-refractivity contribution in [2.75, 3.05) is 20.3 Å². The van der Waals surface area contributed by atoms with Gasteiger partial charge in [-0.3, -0.25) is 4.79 Å². The van der Waals surface area contributed by atoms with Crippen LogP contribution in [0.4, 0.5) is 0 Å². The van der Waals surface area contributed by atoms with Crippen molar-refractivity contribution in [3.8, 4) is 11.5 Å². The molecule has 25 heavy (non-hydrogen) atoms. The van der Waals surface area contributed by atoms with Crippen LogP contribution in [0.3, 0.4) is 0 Å². The molecule has 1 atom stereocenters. The van der Waals surface area contributed by atoms with Gasteiger partial charge in [0.15, 0.2) is 11.5 Å². The van der Waals surface area contributed by atoms with Crippen LogP contribution in [0.1, 0.15) is 36.2 Å². The molecule has 0 aliphatic carbocycles. The van der Waals surface area contributed by atoms with E-state index in [1.807, 2.05) is 42.2 Å². The van der Waals surface area contributed by atoms with Crippen molar-refractivity contribution >= 4 is 23.3 Å². The van der Waals surface area contributed by atoms with Gasteiger partial charge in [0.25, 0.3) is 0 Å². The Morgan fingerprint density at radius 1 is 1.36 bits per heavy atom. The summed E-state index contributed by atoms with van der Waals surface area (Å²) in [5.74, 6) is 1.45. The summed E-state index contributed by atoms with van der Waals surface area (Å²) in [7, 11) is 1.62. The van der Waals surface area contributed by atoms with Crippen molar-refractivity contribution < 1.29 is 14.3 Å². The summed E-state index contributed by atoms with van der Waals surface area (Å²) < 4.78 is 10.9. The van der Waals surface area contributed by atoms with Gasteiger partial charge < -0.3 is 14.4 Å². The number of likely N-dealkylation sites (tertiary alicyclic amines) is 1. The van der Waals surface area contributed by atoms with Crippen LogP contribution in [0.25, 0.3) is 6.08 Å². The van der Waals surface area contributed by atoms with Crippen molar-refractivity contribution in [3.63, 3.8) is 0 Å². The average molecular weight is 357 g/mol. The first-order chi connectivity index (χ1) is 12.2. The Morgan fingerprint density at radius 2 is 2.24 bits per heavy atom. The largest absolute Gasteiger partial charge is 0.493 e. The second-order valence-electron chi connectivity index (χ2n) is 5.88. The lowest BCUT2D eigenvalue weighted by molar-refractivity contribution is -0.126. The highest BCUT2D eigenvalue weighted by Crippen LogP contribution is 2.34. The van der Waals surface area contributed by atoms with Gasteiger partial charge in [-0.15, -0.1) is 11.3 Å². The Bertz CT molecular complexity index is 739. The average Bonchev–Trinajstić information content (AvgIpc) is 3.31. The van der Waals surface area contributed by atoms with Crippen LogP contribution in [-0.4, -0.2) is 31.1 Å². The fourth-order valence-electron chi connectivity index (χ4n) is 3.14. The quantitative estimate of drug-likeness (QED) is 0.713. The van der Waals surface area contributed by atoms with Crippen molar-refractivity contribution in [3.05, 3.63) is 52.2 Å². The minimum Gasteiger partial charge on any atom is -0.493 e. The number of benzene rings is 1. The summed E-state index contributed by atoms with van der Waals surface area (Å²) in [5, 5.41) is 2.07. The van der Waals surface area contributed by atoms with Crippen LogP contribution in [0.5, 0.6) is 11.5 Å². The molecule has 1 aromatic heterocycles. The van der Waals surface area contributed by atoms with E-state index in [0.29, 0.717) is 18.1 Å². The summed E-state index contributed by atoms with van der Waals surface area (Å²) in [5.41, 5.74) is 0.921. The van der Waals surface area contributed by atoms with Gasteiger partial charge >= 0.3 is 0 Å². The molecule has 5 heteroatoms. The van der Waals surface area contributed by atoms with Gasteiger partial charge in [0, 0.05) is 17.5 Å². The zero-order valence-electron chi connectivity index (χ0n) is 14.6. The number of amides is 1. The van der Waals surface area contributed by atoms with E-state index in [0.717, 1.165) is 24.9 Å². The number of carbonyl (C=O) groups excluding carboxylic acids is 1. The molecule has 1 aliphatic heterocycles. The molecule has 0 saturated carbocycles. The van der Waals surface area contributed by atoms with Crippen LogP contribution in [0.15, 0.2) is 41.8 Å². The molecular formula is C20H23NO3S. The predicted molar refractivity (Wildman–Crippen MR) is 101 cm³/mol. The molecule has 1 saturated heterocycles. The van der Waals surface area contributed by atoms with Gasteiger partial charge in [-0.05, 0) is 55.0 Å². The van der Waals surface area contributed by atoms with Crippen molar-refractivity contribution in [1.29, 1.82) is 0 Å². The van der Waals surface area contributed by atoms with E-state index in [9.17, 15) is 4.79 Å². The minimum absolute atomic E-state index is 0.0599. The Hall–Kier alpha value is -2.27. The maximum atomic E-state index is 12.6. The standard InChI is InChI=1S/C20H23NO3S/c1-3-24-18-14-15(8-10-17(18)23-2)9-11-20(22)21-12-4-6-16(21)19-7-5-13-25-19/h5,7-11,13-14,16H,3-4,6,12H2,1-2H3/b11-9+. The highest BCUT2D eigenvalue weighted by atomic mass is 32.1. The van der Waals surface area contributed by atoms with E-state index in [4.69, 9.17) is 9.47 Å². The fraction of sp³-hybridized carbons (Fsp3) is 0.350. The molecule has 2 aromatic rings. The van der Waals surface area contributed by atoms with E-state index >= 15 is 0 Å². The van der Waals surface area contributed by atoms with Crippen LogP contribution >= 0.6 is 11.3 Å². The molecular weight excluding hydrogens is 334 g/mol. The van der Waals surface area contributed by atoms with Crippen LogP contribution in [0.2, 0.25) is 0 Å². The van der Waals surface area contributed by atoms with Crippen LogP contribution < -0.4 is 9.47 Å². The highest BCUT2D eigenvalue weighted by molar-refractivity contribution is 7.10. The third-order valence-corrected chi connectivity index (χ3v) is 5.29. The van der Waals surface area contributed by atoms with Gasteiger partial charge in [-0.25, -0.2) is 0 Å². The third-order valence-electron chi connectivity index (χ3n) is 4.31. The molecule has 132 valence electrons. The summed E-state index contributed by atoms with van der Waals surface area (Å²) >= 11 is 1.72. The molecule has 0 N–H and O–H groups in total. The molecule has 4 nitrogen and oxygen atoms in total. The van der Waals surface area contributed by atoms with E-state index in [1.54, 1.807) is 24.5 Å². The van der Waals surface area contributed by atoms with Crippen LogP contribution in [-0.2, 0) is 4.79 Å². The number of methoxy groups -OCH3 is 1. The van der Waals surface area contributed by atoms with E-state index < -0.39 is 0 Å². The lowest BCUT2D eigenvalue weighted by Gasteiger charge is -2.22. The lowest BCUT2D eigenvalue weighted by atomic mass is 10.1. The molecule has 1 amide bonds. The number of hydrogen-bond donors (Lipinski definition) is 0. The fourth-order valence-corrected chi connectivity index (χ4v) is 4.01. The normalized spacial score (nSPS) is 17.2. The van der Waals surface area contributed by atoms with Gasteiger partial charge in [-0.2, -0.15) is 0 Å². The van der Waals surface area contributed by atoms with Crippen molar-refractivity contribution in [2.24, 2.45) is 0 Å². The Kier molecular flexibility index (Phi) is 5.76. The molecule has 1 aliphatic rings. The number of hydrogen-bond acceptors (Lipinski definition) is 4. The van der Waals surface area contributed by atoms with Crippen molar-refractivity contribution in [2.45, 2.75) is 25.8 Å². The smallest absolute Gasteiger partial charge is 0.247 e. The zero-order valence-corrected chi connectivity index (χ0v) is 15.4. The van der Waals surface area contributed by atoms with E-state index in [1.165, 1.54) is 4.88 Å². The Balaban J connectivity index is 1.73. The summed E-state index contributed by atoms with van der Waals surface area (Å²) in [4.78, 5) is 15.9. The number of rotatable bonds is 6. The molecule has 0 radical (unpaired) electrons. The molecule has 0 spiro atoms. The molecule has 1 unspecified atom stereocenters. The number of carbonyl (C=O) groups is 1. The zero-order chi connectivity index (χ0) is 17.6. The van der Waals surface area contributed by atoms with Gasteiger partial charge in [0.05, 0.1) is 19.8 Å². The Morgan fingerprint density at radius 3 is 2.96 bits per heavy atom. The maximum absolute atomic E-state index is 12.6.